The highest BCUT2D eigenvalue weighted by atomic mass is 19.1. The Morgan fingerprint density at radius 3 is 2.53 bits per heavy atom. The number of carbonyl (C=O) groups excluding carboxylic acids is 1. The van der Waals surface area contributed by atoms with Crippen molar-refractivity contribution in [2.75, 3.05) is 13.3 Å². The van der Waals surface area contributed by atoms with E-state index in [4.69, 9.17) is 4.89 Å². The largest absolute Gasteiger partial charge is 0.540 e. The van der Waals surface area contributed by atoms with E-state index in [-0.39, 0.29) is 13.0 Å². The molecule has 0 saturated carbocycles. The molecule has 0 rings (SSSR count). The third-order valence-electron chi connectivity index (χ3n) is 2.22. The van der Waals surface area contributed by atoms with Gasteiger partial charge in [0.2, 0.25) is 0 Å². The number of carbonyl (C=O) groups is 1. The van der Waals surface area contributed by atoms with E-state index in [0.29, 0.717) is 0 Å². The van der Waals surface area contributed by atoms with Crippen molar-refractivity contribution in [1.29, 1.82) is 0 Å². The highest BCUT2D eigenvalue weighted by Crippen LogP contribution is 2.19. The molecule has 0 bridgehead atoms. The van der Waals surface area contributed by atoms with Crippen molar-refractivity contribution in [2.24, 2.45) is 0 Å². The lowest BCUT2D eigenvalue weighted by Crippen LogP contribution is -2.26. The molecule has 0 heterocycles. The number of hydrogen-bond donors (Lipinski definition) is 0. The first kappa shape index (κ1) is 16.2. The van der Waals surface area contributed by atoms with Gasteiger partial charge in [0.1, 0.15) is 5.60 Å². The molecule has 0 aromatic rings. The third kappa shape index (κ3) is 10.1. The zero-order valence-corrected chi connectivity index (χ0v) is 11.0. The Morgan fingerprint density at radius 1 is 1.24 bits per heavy atom. The zero-order valence-electron chi connectivity index (χ0n) is 11.0. The number of rotatable bonds is 9. The second-order valence-corrected chi connectivity index (χ2v) is 4.52. The summed E-state index contributed by atoms with van der Waals surface area (Å²) < 4.78 is 16.3. The molecule has 0 aliphatic heterocycles. The molecule has 0 fully saturated rings. The van der Waals surface area contributed by atoms with Crippen molar-refractivity contribution < 1.29 is 23.7 Å². The molecule has 0 aromatic carbocycles. The van der Waals surface area contributed by atoms with Gasteiger partial charge < -0.3 is 4.74 Å². The number of alkyl halides is 1. The summed E-state index contributed by atoms with van der Waals surface area (Å²) in [6.45, 7) is 5.30. The highest BCUT2D eigenvalue weighted by Gasteiger charge is 2.22. The minimum absolute atomic E-state index is 0.00889. The monoisotopic (exact) mass is 250 g/mol. The van der Waals surface area contributed by atoms with Crippen LogP contribution in [0, 0.1) is 0 Å². The van der Waals surface area contributed by atoms with Crippen LogP contribution in [0.25, 0.3) is 0 Å². The number of hydrogen-bond acceptors (Lipinski definition) is 4. The first-order chi connectivity index (χ1) is 8.02. The topological polar surface area (TPSA) is 44.8 Å². The van der Waals surface area contributed by atoms with Gasteiger partial charge in [0.05, 0.1) is 13.3 Å². The summed E-state index contributed by atoms with van der Waals surface area (Å²) >= 11 is 0. The lowest BCUT2D eigenvalue weighted by molar-refractivity contribution is -0.318. The van der Waals surface area contributed by atoms with Gasteiger partial charge in [-0.1, -0.05) is 26.2 Å². The Hall–Kier alpha value is -0.840. The van der Waals surface area contributed by atoms with Crippen LogP contribution in [0.1, 0.15) is 52.9 Å². The van der Waals surface area contributed by atoms with Crippen LogP contribution in [-0.2, 0) is 14.5 Å². The summed E-state index contributed by atoms with van der Waals surface area (Å²) in [6.07, 6.45) is 3.33. The summed E-state index contributed by atoms with van der Waals surface area (Å²) in [7, 11) is 0. The average molecular weight is 250 g/mol. The van der Waals surface area contributed by atoms with E-state index in [1.165, 1.54) is 0 Å². The van der Waals surface area contributed by atoms with Gasteiger partial charge in [0.25, 0.3) is 0 Å². The van der Waals surface area contributed by atoms with Gasteiger partial charge in [-0.2, -0.15) is 4.89 Å². The molecule has 0 unspecified atom stereocenters. The summed E-state index contributed by atoms with van der Waals surface area (Å²) in [6, 6.07) is 0. The molecule has 0 aliphatic rings. The lowest BCUT2D eigenvalue weighted by Gasteiger charge is -2.22. The quantitative estimate of drug-likeness (QED) is 0.270. The van der Waals surface area contributed by atoms with Gasteiger partial charge in [0, 0.05) is 6.42 Å². The van der Waals surface area contributed by atoms with Crippen molar-refractivity contribution in [3.8, 4) is 0 Å². The average Bonchev–Trinajstić information content (AvgIpc) is 2.27. The highest BCUT2D eigenvalue weighted by molar-refractivity contribution is 5.58. The summed E-state index contributed by atoms with van der Waals surface area (Å²) in [5.74, 6) is 0. The van der Waals surface area contributed by atoms with Gasteiger partial charge in [-0.15, -0.1) is 0 Å². The fraction of sp³-hybridized carbons (Fsp3) is 0.917. The van der Waals surface area contributed by atoms with Crippen molar-refractivity contribution in [3.63, 3.8) is 0 Å². The molecule has 5 heteroatoms. The smallest absolute Gasteiger partial charge is 0.432 e. The molecule has 0 aromatic heterocycles. The van der Waals surface area contributed by atoms with Crippen LogP contribution >= 0.6 is 0 Å². The summed E-state index contributed by atoms with van der Waals surface area (Å²) in [5.41, 5.74) is -0.520. The molecule has 0 saturated heterocycles. The maximum Gasteiger partial charge on any atom is 0.540 e. The summed E-state index contributed by atoms with van der Waals surface area (Å²) in [4.78, 5) is 20.5. The molecule has 0 N–H and O–H groups in total. The first-order valence-corrected chi connectivity index (χ1v) is 6.10. The maximum atomic E-state index is 11.7. The second-order valence-electron chi connectivity index (χ2n) is 4.52. The van der Waals surface area contributed by atoms with E-state index < -0.39 is 18.4 Å². The maximum absolute atomic E-state index is 11.7. The lowest BCUT2D eigenvalue weighted by atomic mass is 10.0. The minimum Gasteiger partial charge on any atom is -0.432 e. The summed E-state index contributed by atoms with van der Waals surface area (Å²) in [5, 5.41) is 0. The molecular formula is C12H23FO4. The Morgan fingerprint density at radius 2 is 1.94 bits per heavy atom. The molecule has 4 nitrogen and oxygen atoms in total. The predicted octanol–water partition coefficient (Wildman–Crippen LogP) is 3.79. The molecule has 17 heavy (non-hydrogen) atoms. The normalized spacial score (nSPS) is 11.3. The van der Waals surface area contributed by atoms with Crippen LogP contribution in [0.3, 0.4) is 0 Å². The van der Waals surface area contributed by atoms with Crippen LogP contribution in [0.15, 0.2) is 0 Å². The third-order valence-corrected chi connectivity index (χ3v) is 2.22. The zero-order chi connectivity index (χ0) is 13.1. The van der Waals surface area contributed by atoms with Crippen molar-refractivity contribution in [3.05, 3.63) is 0 Å². The molecular weight excluding hydrogens is 227 g/mol. The van der Waals surface area contributed by atoms with Crippen LogP contribution in [-0.4, -0.2) is 25.0 Å². The van der Waals surface area contributed by atoms with Gasteiger partial charge >= 0.3 is 6.16 Å². The van der Waals surface area contributed by atoms with E-state index in [1.54, 1.807) is 0 Å². The van der Waals surface area contributed by atoms with Crippen LogP contribution < -0.4 is 0 Å². The SMILES string of the molecule is CCCCCC(C)(C)OOC(=O)OCCCF. The minimum atomic E-state index is -0.915. The standard InChI is InChI=1S/C12H23FO4/c1-4-5-6-8-12(2,3)17-16-11(14)15-10-7-9-13/h4-10H2,1-3H3. The molecule has 0 spiro atoms. The van der Waals surface area contributed by atoms with Gasteiger partial charge in [-0.25, -0.2) is 4.79 Å². The van der Waals surface area contributed by atoms with E-state index in [9.17, 15) is 9.18 Å². The van der Waals surface area contributed by atoms with Crippen LogP contribution in [0.5, 0.6) is 0 Å². The molecule has 0 radical (unpaired) electrons. The van der Waals surface area contributed by atoms with Crippen LogP contribution in [0.4, 0.5) is 9.18 Å². The second kappa shape index (κ2) is 9.22. The Balaban J connectivity index is 3.65. The van der Waals surface area contributed by atoms with Gasteiger partial charge in [0.15, 0.2) is 0 Å². The Labute approximate surface area is 102 Å². The van der Waals surface area contributed by atoms with Crippen molar-refractivity contribution in [1.82, 2.24) is 0 Å². The van der Waals surface area contributed by atoms with E-state index in [1.807, 2.05) is 13.8 Å². The Kier molecular flexibility index (Phi) is 8.76. The van der Waals surface area contributed by atoms with Crippen molar-refractivity contribution >= 4 is 6.16 Å². The molecule has 0 amide bonds. The van der Waals surface area contributed by atoms with Crippen molar-refractivity contribution in [2.45, 2.75) is 58.5 Å². The number of unbranched alkanes of at least 4 members (excludes halogenated alkanes) is 2. The molecule has 0 aliphatic carbocycles. The number of halogens is 1. The van der Waals surface area contributed by atoms with Gasteiger partial charge in [-0.3, -0.25) is 9.28 Å². The van der Waals surface area contributed by atoms with E-state index >= 15 is 0 Å². The van der Waals surface area contributed by atoms with E-state index in [2.05, 4.69) is 16.5 Å². The fourth-order valence-corrected chi connectivity index (χ4v) is 1.22. The molecule has 0 atom stereocenters. The van der Waals surface area contributed by atoms with E-state index in [0.717, 1.165) is 25.7 Å². The van der Waals surface area contributed by atoms with Crippen LogP contribution in [0.2, 0.25) is 0 Å². The predicted molar refractivity (Wildman–Crippen MR) is 62.3 cm³/mol. The molecule has 102 valence electrons. The van der Waals surface area contributed by atoms with Gasteiger partial charge in [-0.05, 0) is 20.3 Å². The Bertz CT molecular complexity index is 207. The first-order valence-electron chi connectivity index (χ1n) is 6.10. The fourth-order valence-electron chi connectivity index (χ4n) is 1.22. The number of ether oxygens (including phenoxy) is 1.